The molecule has 0 bridgehead atoms. The van der Waals surface area contributed by atoms with Crippen molar-refractivity contribution >= 4 is 11.9 Å². The number of halogens is 4. The van der Waals surface area contributed by atoms with Crippen LogP contribution in [-0.2, 0) is 10.9 Å². The number of carboxylic acid groups (broad SMARTS) is 1. The zero-order valence-corrected chi connectivity index (χ0v) is 12.1. The first-order valence-electron chi connectivity index (χ1n) is 6.47. The van der Waals surface area contributed by atoms with Gasteiger partial charge in [-0.1, -0.05) is 6.07 Å². The number of esters is 1. The number of carbonyl (C=O) groups excluding carboxylic acids is 1. The van der Waals surface area contributed by atoms with Crippen molar-refractivity contribution in [1.29, 1.82) is 0 Å². The standard InChI is InChI=1S/C16H10F4O4/c1-24-15(23)12-7-8(2-3-13(12)17)9-4-10(14(21)22)6-11(5-9)16(18,19)20/h2-7H,1H3,(H,21,22). The number of benzene rings is 2. The molecule has 2 aromatic carbocycles. The van der Waals surface area contributed by atoms with E-state index in [1.807, 2.05) is 0 Å². The Morgan fingerprint density at radius 1 is 1.04 bits per heavy atom. The van der Waals surface area contributed by atoms with Gasteiger partial charge in [0.1, 0.15) is 5.82 Å². The van der Waals surface area contributed by atoms with Crippen LogP contribution in [0.3, 0.4) is 0 Å². The van der Waals surface area contributed by atoms with E-state index in [2.05, 4.69) is 4.74 Å². The molecule has 0 aliphatic carbocycles. The summed E-state index contributed by atoms with van der Waals surface area (Å²) in [6, 6.07) is 5.26. The van der Waals surface area contributed by atoms with E-state index in [9.17, 15) is 27.2 Å². The molecular formula is C16H10F4O4. The minimum Gasteiger partial charge on any atom is -0.478 e. The Morgan fingerprint density at radius 3 is 2.25 bits per heavy atom. The number of aromatic carboxylic acids is 1. The van der Waals surface area contributed by atoms with Crippen LogP contribution in [0.2, 0.25) is 0 Å². The Labute approximate surface area is 133 Å². The Morgan fingerprint density at radius 2 is 1.71 bits per heavy atom. The highest BCUT2D eigenvalue weighted by Crippen LogP contribution is 2.34. The van der Waals surface area contributed by atoms with E-state index < -0.39 is 40.6 Å². The van der Waals surface area contributed by atoms with Crippen molar-refractivity contribution in [3.8, 4) is 11.1 Å². The quantitative estimate of drug-likeness (QED) is 0.676. The van der Waals surface area contributed by atoms with E-state index in [4.69, 9.17) is 5.11 Å². The first-order valence-corrected chi connectivity index (χ1v) is 6.47. The molecule has 126 valence electrons. The Balaban J connectivity index is 2.66. The minimum absolute atomic E-state index is 0.0467. The molecule has 0 fully saturated rings. The third kappa shape index (κ3) is 3.53. The Bertz CT molecular complexity index is 812. The average Bonchev–Trinajstić information content (AvgIpc) is 2.53. The van der Waals surface area contributed by atoms with Crippen molar-refractivity contribution in [2.75, 3.05) is 7.11 Å². The van der Waals surface area contributed by atoms with E-state index in [1.165, 1.54) is 0 Å². The molecule has 1 N–H and O–H groups in total. The second kappa shape index (κ2) is 6.31. The lowest BCUT2D eigenvalue weighted by molar-refractivity contribution is -0.137. The zero-order chi connectivity index (χ0) is 18.1. The first-order chi connectivity index (χ1) is 11.1. The highest BCUT2D eigenvalue weighted by Gasteiger charge is 2.32. The largest absolute Gasteiger partial charge is 0.478 e. The minimum atomic E-state index is -4.76. The molecule has 0 heterocycles. The number of rotatable bonds is 3. The Hall–Kier alpha value is -2.90. The van der Waals surface area contributed by atoms with Crippen LogP contribution in [0.25, 0.3) is 11.1 Å². The normalized spacial score (nSPS) is 11.2. The third-order valence-corrected chi connectivity index (χ3v) is 3.21. The third-order valence-electron chi connectivity index (χ3n) is 3.21. The molecule has 24 heavy (non-hydrogen) atoms. The van der Waals surface area contributed by atoms with Crippen LogP contribution in [0.15, 0.2) is 36.4 Å². The molecule has 8 heteroatoms. The summed E-state index contributed by atoms with van der Waals surface area (Å²) in [4.78, 5) is 22.5. The van der Waals surface area contributed by atoms with Gasteiger partial charge in [0.25, 0.3) is 0 Å². The molecule has 0 spiro atoms. The fraction of sp³-hybridized carbons (Fsp3) is 0.125. The second-order valence-electron chi connectivity index (χ2n) is 4.79. The fourth-order valence-corrected chi connectivity index (χ4v) is 2.05. The van der Waals surface area contributed by atoms with Crippen LogP contribution < -0.4 is 0 Å². The summed E-state index contributed by atoms with van der Waals surface area (Å²) in [7, 11) is 1.03. The summed E-state index contributed by atoms with van der Waals surface area (Å²) >= 11 is 0. The number of ether oxygens (including phenoxy) is 1. The summed E-state index contributed by atoms with van der Waals surface area (Å²) in [6.07, 6.45) is -4.76. The van der Waals surface area contributed by atoms with Crippen molar-refractivity contribution in [1.82, 2.24) is 0 Å². The molecule has 0 aromatic heterocycles. The molecule has 0 radical (unpaired) electrons. The highest BCUT2D eigenvalue weighted by atomic mass is 19.4. The SMILES string of the molecule is COC(=O)c1cc(-c2cc(C(=O)O)cc(C(F)(F)F)c2)ccc1F. The predicted molar refractivity (Wildman–Crippen MR) is 75.1 cm³/mol. The topological polar surface area (TPSA) is 63.6 Å². The molecule has 2 aromatic rings. The summed E-state index contributed by atoms with van der Waals surface area (Å²) in [5.41, 5.74) is -2.29. The molecule has 0 atom stereocenters. The Kier molecular flexibility index (Phi) is 4.59. The van der Waals surface area contributed by atoms with Gasteiger partial charge in [-0.05, 0) is 41.5 Å². The zero-order valence-electron chi connectivity index (χ0n) is 12.1. The van der Waals surface area contributed by atoms with Crippen molar-refractivity contribution in [3.63, 3.8) is 0 Å². The molecule has 0 unspecified atom stereocenters. The smallest absolute Gasteiger partial charge is 0.416 e. The molecule has 2 rings (SSSR count). The van der Waals surface area contributed by atoms with Gasteiger partial charge in [-0.2, -0.15) is 13.2 Å². The molecular weight excluding hydrogens is 332 g/mol. The maximum Gasteiger partial charge on any atom is 0.416 e. The molecule has 0 amide bonds. The highest BCUT2D eigenvalue weighted by molar-refractivity contribution is 5.92. The van der Waals surface area contributed by atoms with Crippen molar-refractivity contribution in [2.45, 2.75) is 6.18 Å². The summed E-state index contributed by atoms with van der Waals surface area (Å²) in [5, 5.41) is 8.97. The molecule has 0 aliphatic rings. The number of carbonyl (C=O) groups is 2. The monoisotopic (exact) mass is 342 g/mol. The van der Waals surface area contributed by atoms with Crippen LogP contribution in [0.1, 0.15) is 26.3 Å². The lowest BCUT2D eigenvalue weighted by atomic mass is 9.98. The second-order valence-corrected chi connectivity index (χ2v) is 4.79. The van der Waals surface area contributed by atoms with Gasteiger partial charge in [0.05, 0.1) is 23.8 Å². The van der Waals surface area contributed by atoms with Crippen molar-refractivity contribution < 1.29 is 37.0 Å². The van der Waals surface area contributed by atoms with E-state index in [1.54, 1.807) is 0 Å². The lowest BCUT2D eigenvalue weighted by Gasteiger charge is -2.12. The maximum absolute atomic E-state index is 13.6. The summed E-state index contributed by atoms with van der Waals surface area (Å²) < 4.78 is 56.8. The number of hydrogen-bond acceptors (Lipinski definition) is 3. The molecule has 0 saturated heterocycles. The van der Waals surface area contributed by atoms with E-state index in [0.29, 0.717) is 6.07 Å². The fourth-order valence-electron chi connectivity index (χ4n) is 2.05. The van der Waals surface area contributed by atoms with Crippen LogP contribution in [0.4, 0.5) is 17.6 Å². The van der Waals surface area contributed by atoms with Gasteiger partial charge in [0, 0.05) is 0 Å². The number of methoxy groups -OCH3 is 1. The van der Waals surface area contributed by atoms with Gasteiger partial charge in [0.2, 0.25) is 0 Å². The van der Waals surface area contributed by atoms with Crippen LogP contribution in [-0.4, -0.2) is 24.2 Å². The number of alkyl halides is 3. The van der Waals surface area contributed by atoms with E-state index in [-0.39, 0.29) is 11.1 Å². The first kappa shape index (κ1) is 17.5. The summed E-state index contributed by atoms with van der Waals surface area (Å²) in [5.74, 6) is -3.45. The van der Waals surface area contributed by atoms with Gasteiger partial charge in [-0.25, -0.2) is 14.0 Å². The summed E-state index contributed by atoms with van der Waals surface area (Å²) in [6.45, 7) is 0. The average molecular weight is 342 g/mol. The van der Waals surface area contributed by atoms with Gasteiger partial charge in [-0.15, -0.1) is 0 Å². The van der Waals surface area contributed by atoms with Crippen LogP contribution >= 0.6 is 0 Å². The van der Waals surface area contributed by atoms with E-state index in [0.717, 1.165) is 37.4 Å². The molecule has 0 saturated carbocycles. The lowest BCUT2D eigenvalue weighted by Crippen LogP contribution is -2.08. The van der Waals surface area contributed by atoms with Gasteiger partial charge >= 0.3 is 18.1 Å². The van der Waals surface area contributed by atoms with Crippen LogP contribution in [0.5, 0.6) is 0 Å². The molecule has 0 aliphatic heterocycles. The number of carboxylic acids is 1. The van der Waals surface area contributed by atoms with Gasteiger partial charge in [0.15, 0.2) is 0 Å². The van der Waals surface area contributed by atoms with E-state index >= 15 is 0 Å². The van der Waals surface area contributed by atoms with Crippen LogP contribution in [0, 0.1) is 5.82 Å². The predicted octanol–water partition coefficient (Wildman–Crippen LogP) is 4.00. The number of hydrogen-bond donors (Lipinski definition) is 1. The molecule has 4 nitrogen and oxygen atoms in total. The van der Waals surface area contributed by atoms with Gasteiger partial charge < -0.3 is 9.84 Å². The van der Waals surface area contributed by atoms with Crippen molar-refractivity contribution in [2.24, 2.45) is 0 Å². The van der Waals surface area contributed by atoms with Gasteiger partial charge in [-0.3, -0.25) is 0 Å². The van der Waals surface area contributed by atoms with Crippen molar-refractivity contribution in [3.05, 3.63) is 58.9 Å². The maximum atomic E-state index is 13.6.